The Morgan fingerprint density at radius 3 is 2.50 bits per heavy atom. The van der Waals surface area contributed by atoms with Gasteiger partial charge in [-0.2, -0.15) is 5.26 Å². The first kappa shape index (κ1) is 14.8. The van der Waals surface area contributed by atoms with Gasteiger partial charge in [0.05, 0.1) is 12.1 Å². The van der Waals surface area contributed by atoms with Crippen LogP contribution in [0.4, 0.5) is 0 Å². The third kappa shape index (κ3) is 7.16. The number of dihydropyridines is 1. The Kier molecular flexibility index (Phi) is 9.58. The maximum atomic E-state index is 8.54. The first-order chi connectivity index (χ1) is 7.78. The molecule has 1 rings (SSSR count). The molecule has 0 fully saturated rings. The molecule has 0 radical (unpaired) electrons. The van der Waals surface area contributed by atoms with Crippen molar-refractivity contribution < 1.29 is 0 Å². The Labute approximate surface area is 98.5 Å². The summed E-state index contributed by atoms with van der Waals surface area (Å²) in [6.07, 6.45) is 3.53. The van der Waals surface area contributed by atoms with Crippen molar-refractivity contribution in [2.75, 3.05) is 26.2 Å². The van der Waals surface area contributed by atoms with Crippen LogP contribution in [0.25, 0.3) is 0 Å². The first-order valence-corrected chi connectivity index (χ1v) is 5.84. The highest BCUT2D eigenvalue weighted by molar-refractivity contribution is 5.84. The van der Waals surface area contributed by atoms with Crippen LogP contribution < -0.4 is 10.6 Å². The first-order valence-electron chi connectivity index (χ1n) is 5.84. The van der Waals surface area contributed by atoms with Crippen molar-refractivity contribution in [1.82, 2.24) is 10.6 Å². The van der Waals surface area contributed by atoms with E-state index in [2.05, 4.69) is 35.5 Å². The van der Waals surface area contributed by atoms with Crippen LogP contribution in [0.2, 0.25) is 0 Å². The summed E-state index contributed by atoms with van der Waals surface area (Å²) >= 11 is 0. The minimum absolute atomic E-state index is 0.250. The van der Waals surface area contributed by atoms with Gasteiger partial charge in [0.25, 0.3) is 0 Å². The van der Waals surface area contributed by atoms with E-state index in [1.54, 1.807) is 6.21 Å². The van der Waals surface area contributed by atoms with Crippen LogP contribution in [-0.2, 0) is 0 Å². The number of aliphatic imine (C=N–C) groups is 1. The molecule has 0 aromatic heterocycles. The summed E-state index contributed by atoms with van der Waals surface area (Å²) in [5.74, 6) is 0. The van der Waals surface area contributed by atoms with Crippen LogP contribution in [0.15, 0.2) is 16.6 Å². The van der Waals surface area contributed by atoms with Crippen molar-refractivity contribution >= 4 is 6.21 Å². The number of hydrogen-bond donors (Lipinski definition) is 2. The lowest BCUT2D eigenvalue weighted by Gasteiger charge is -2.13. The van der Waals surface area contributed by atoms with Gasteiger partial charge < -0.3 is 10.6 Å². The molecule has 16 heavy (non-hydrogen) atoms. The van der Waals surface area contributed by atoms with Gasteiger partial charge in [0, 0.05) is 12.3 Å². The van der Waals surface area contributed by atoms with Crippen LogP contribution in [0.3, 0.4) is 0 Å². The number of likely N-dealkylation sites (N-methyl/N-ethyl adjacent to an activating group) is 1. The molecule has 1 aliphatic rings. The third-order valence-electron chi connectivity index (χ3n) is 2.01. The maximum Gasteiger partial charge on any atom is 0.100 e. The van der Waals surface area contributed by atoms with Crippen molar-refractivity contribution in [3.05, 3.63) is 11.6 Å². The predicted molar refractivity (Wildman–Crippen MR) is 68.7 cm³/mol. The van der Waals surface area contributed by atoms with E-state index in [4.69, 9.17) is 5.26 Å². The van der Waals surface area contributed by atoms with Crippen molar-refractivity contribution in [3.8, 4) is 6.07 Å². The largest absolute Gasteiger partial charge is 0.317 e. The van der Waals surface area contributed by atoms with Crippen molar-refractivity contribution in [2.24, 2.45) is 4.99 Å². The molecule has 0 bridgehead atoms. The van der Waals surface area contributed by atoms with Crippen LogP contribution >= 0.6 is 0 Å². The molecule has 0 amide bonds. The van der Waals surface area contributed by atoms with Crippen LogP contribution in [0.5, 0.6) is 0 Å². The quantitative estimate of drug-likeness (QED) is 0.749. The van der Waals surface area contributed by atoms with E-state index in [1.165, 1.54) is 0 Å². The highest BCUT2D eigenvalue weighted by Gasteiger charge is 2.07. The Balaban J connectivity index is 0.000000385. The zero-order chi connectivity index (χ0) is 12.2. The summed E-state index contributed by atoms with van der Waals surface area (Å²) in [6, 6.07) is 2.31. The summed E-state index contributed by atoms with van der Waals surface area (Å²) in [5, 5.41) is 14.9. The van der Waals surface area contributed by atoms with Gasteiger partial charge >= 0.3 is 0 Å². The summed E-state index contributed by atoms with van der Waals surface area (Å²) in [6.45, 7) is 10.1. The van der Waals surface area contributed by atoms with E-state index in [-0.39, 0.29) is 6.04 Å². The second-order valence-electron chi connectivity index (χ2n) is 3.35. The van der Waals surface area contributed by atoms with Gasteiger partial charge in [-0.25, -0.2) is 0 Å². The van der Waals surface area contributed by atoms with E-state index < -0.39 is 0 Å². The van der Waals surface area contributed by atoms with E-state index in [0.29, 0.717) is 5.57 Å². The van der Waals surface area contributed by atoms with Gasteiger partial charge in [-0.3, -0.25) is 4.99 Å². The van der Waals surface area contributed by atoms with Gasteiger partial charge in [-0.15, -0.1) is 0 Å². The molecule has 0 aliphatic carbocycles. The van der Waals surface area contributed by atoms with E-state index in [0.717, 1.165) is 26.2 Å². The molecule has 1 heterocycles. The molecule has 0 saturated heterocycles. The van der Waals surface area contributed by atoms with Crippen LogP contribution in [0, 0.1) is 11.3 Å². The average Bonchev–Trinajstić information content (AvgIpc) is 2.32. The Bertz CT molecular complexity index is 261. The Hall–Kier alpha value is -1.18. The van der Waals surface area contributed by atoms with Crippen molar-refractivity contribution in [3.63, 3.8) is 0 Å². The normalized spacial score (nSPS) is 18.1. The summed E-state index contributed by atoms with van der Waals surface area (Å²) in [4.78, 5) is 4.05. The molecule has 4 nitrogen and oxygen atoms in total. The highest BCUT2D eigenvalue weighted by Crippen LogP contribution is 2.00. The number of hydrogen-bond acceptors (Lipinski definition) is 4. The SMILES string of the molecule is CCNC1C=C(C#N)C=NC1.CCNCC. The molecule has 1 atom stereocenters. The molecule has 0 saturated carbocycles. The fraction of sp³-hybridized carbons (Fsp3) is 0.667. The van der Waals surface area contributed by atoms with Gasteiger partial charge in [-0.1, -0.05) is 20.8 Å². The summed E-state index contributed by atoms with van der Waals surface area (Å²) in [5.41, 5.74) is 0.655. The zero-order valence-electron chi connectivity index (χ0n) is 10.5. The Morgan fingerprint density at radius 1 is 1.38 bits per heavy atom. The molecule has 2 N–H and O–H groups in total. The highest BCUT2D eigenvalue weighted by atomic mass is 14.9. The maximum absolute atomic E-state index is 8.54. The lowest BCUT2D eigenvalue weighted by Crippen LogP contribution is -2.31. The number of nitrogens with zero attached hydrogens (tertiary/aromatic N) is 2. The lowest BCUT2D eigenvalue weighted by molar-refractivity contribution is 0.620. The number of nitrogens with one attached hydrogen (secondary N) is 2. The molecule has 1 aliphatic heterocycles. The van der Waals surface area contributed by atoms with E-state index in [9.17, 15) is 0 Å². The van der Waals surface area contributed by atoms with Crippen molar-refractivity contribution in [1.29, 1.82) is 5.26 Å². The van der Waals surface area contributed by atoms with E-state index in [1.807, 2.05) is 13.0 Å². The third-order valence-corrected chi connectivity index (χ3v) is 2.01. The van der Waals surface area contributed by atoms with Crippen LogP contribution in [-0.4, -0.2) is 38.4 Å². The second kappa shape index (κ2) is 10.3. The molecule has 90 valence electrons. The molecule has 0 aromatic rings. The van der Waals surface area contributed by atoms with Gasteiger partial charge in [-0.05, 0) is 25.7 Å². The predicted octanol–water partition coefficient (Wildman–Crippen LogP) is 1.11. The minimum atomic E-state index is 0.250. The summed E-state index contributed by atoms with van der Waals surface area (Å²) < 4.78 is 0. The smallest absolute Gasteiger partial charge is 0.100 e. The fourth-order valence-electron chi connectivity index (χ4n) is 1.28. The second-order valence-corrected chi connectivity index (χ2v) is 3.35. The number of nitriles is 1. The van der Waals surface area contributed by atoms with Gasteiger partial charge in [0.2, 0.25) is 0 Å². The monoisotopic (exact) mass is 222 g/mol. The van der Waals surface area contributed by atoms with Crippen molar-refractivity contribution in [2.45, 2.75) is 26.8 Å². The average molecular weight is 222 g/mol. The lowest BCUT2D eigenvalue weighted by atomic mass is 10.1. The molecular weight excluding hydrogens is 200 g/mol. The summed E-state index contributed by atoms with van der Waals surface area (Å²) in [7, 11) is 0. The Morgan fingerprint density at radius 2 is 2.06 bits per heavy atom. The molecule has 0 aromatic carbocycles. The molecule has 4 heteroatoms. The van der Waals surface area contributed by atoms with E-state index >= 15 is 0 Å². The fourth-order valence-corrected chi connectivity index (χ4v) is 1.28. The molecule has 1 unspecified atom stereocenters. The minimum Gasteiger partial charge on any atom is -0.317 e. The van der Waals surface area contributed by atoms with Gasteiger partial charge in [0.1, 0.15) is 6.07 Å². The van der Waals surface area contributed by atoms with Gasteiger partial charge in [0.15, 0.2) is 0 Å². The molecular formula is C12H22N4. The zero-order valence-corrected chi connectivity index (χ0v) is 10.5. The topological polar surface area (TPSA) is 60.2 Å². The van der Waals surface area contributed by atoms with Crippen LogP contribution in [0.1, 0.15) is 20.8 Å². The number of allylic oxidation sites excluding steroid dienone is 1. The standard InChI is InChI=1S/C8H11N3.C4H11N/c1-2-11-8-3-7(4-9)5-10-6-8;1-3-5-4-2/h3,5,8,11H,2,6H2,1H3;5H,3-4H2,1-2H3. The number of rotatable bonds is 4. The molecule has 0 spiro atoms.